The highest BCUT2D eigenvalue weighted by Gasteiger charge is 2.38. The molecule has 0 aromatic heterocycles. The van der Waals surface area contributed by atoms with Crippen LogP contribution in [0.4, 0.5) is 16.2 Å². The first-order chi connectivity index (χ1) is 11.0. The van der Waals surface area contributed by atoms with Crippen LogP contribution in [-0.4, -0.2) is 25.2 Å². The van der Waals surface area contributed by atoms with Crippen molar-refractivity contribution in [2.45, 2.75) is 25.9 Å². The predicted molar refractivity (Wildman–Crippen MR) is 94.9 cm³/mol. The smallest absolute Gasteiger partial charge is 0.321 e. The van der Waals surface area contributed by atoms with Gasteiger partial charge < -0.3 is 10.2 Å². The summed E-state index contributed by atoms with van der Waals surface area (Å²) < 4.78 is 0. The van der Waals surface area contributed by atoms with Crippen LogP contribution in [0.2, 0.25) is 0 Å². The van der Waals surface area contributed by atoms with Crippen LogP contribution in [0, 0.1) is 0 Å². The molecule has 4 nitrogen and oxygen atoms in total. The van der Waals surface area contributed by atoms with Crippen LogP contribution in [0.25, 0.3) is 0 Å². The average Bonchev–Trinajstić information content (AvgIpc) is 2.57. The van der Waals surface area contributed by atoms with Crippen LogP contribution in [0.1, 0.15) is 19.4 Å². The molecule has 0 spiro atoms. The van der Waals surface area contributed by atoms with Gasteiger partial charge in [0.25, 0.3) is 0 Å². The molecule has 0 unspecified atom stereocenters. The highest BCUT2D eigenvalue weighted by atomic mass is 16.2. The summed E-state index contributed by atoms with van der Waals surface area (Å²) in [4.78, 5) is 16.5. The van der Waals surface area contributed by atoms with Crippen LogP contribution in [0.5, 0.6) is 0 Å². The molecule has 0 saturated carbocycles. The van der Waals surface area contributed by atoms with E-state index in [1.165, 1.54) is 5.56 Å². The molecule has 1 N–H and O–H groups in total. The molecule has 1 aliphatic rings. The Labute approximate surface area is 137 Å². The largest absolute Gasteiger partial charge is 0.359 e. The summed E-state index contributed by atoms with van der Waals surface area (Å²) in [5.74, 6) is 0. The molecular weight excluding hydrogens is 286 g/mol. The molecule has 0 aliphatic carbocycles. The highest BCUT2D eigenvalue weighted by molar-refractivity contribution is 5.97. The number of carbonyl (C=O) groups excluding carboxylic acids is 1. The maximum atomic E-state index is 12.3. The van der Waals surface area contributed by atoms with E-state index < -0.39 is 0 Å². The maximum Gasteiger partial charge on any atom is 0.321 e. The standard InChI is InChI=1S/C19H23N3O/c1-19(2)14-21(18(23)20-3)16-11-7-8-12-17(16)22(19)13-15-9-5-4-6-10-15/h4-12H,13-14H2,1-3H3,(H,20,23). The van der Waals surface area contributed by atoms with Crippen LogP contribution >= 0.6 is 0 Å². The van der Waals surface area contributed by atoms with Gasteiger partial charge in [-0.1, -0.05) is 42.5 Å². The average molecular weight is 309 g/mol. The Morgan fingerprint density at radius 1 is 1.04 bits per heavy atom. The molecule has 4 heteroatoms. The van der Waals surface area contributed by atoms with Gasteiger partial charge in [0.2, 0.25) is 0 Å². The first-order valence-electron chi connectivity index (χ1n) is 7.93. The minimum Gasteiger partial charge on any atom is -0.359 e. The third kappa shape index (κ3) is 2.89. The van der Waals surface area contributed by atoms with E-state index in [4.69, 9.17) is 0 Å². The fourth-order valence-electron chi connectivity index (χ4n) is 3.19. The van der Waals surface area contributed by atoms with Gasteiger partial charge in [-0.15, -0.1) is 0 Å². The van der Waals surface area contributed by atoms with Crippen molar-refractivity contribution in [3.05, 3.63) is 60.2 Å². The van der Waals surface area contributed by atoms with Gasteiger partial charge in [-0.2, -0.15) is 0 Å². The van der Waals surface area contributed by atoms with Crippen molar-refractivity contribution in [3.8, 4) is 0 Å². The topological polar surface area (TPSA) is 35.6 Å². The number of hydrogen-bond acceptors (Lipinski definition) is 2. The summed E-state index contributed by atoms with van der Waals surface area (Å²) in [6.07, 6.45) is 0. The van der Waals surface area contributed by atoms with Gasteiger partial charge in [-0.25, -0.2) is 4.79 Å². The van der Waals surface area contributed by atoms with Crippen molar-refractivity contribution >= 4 is 17.4 Å². The van der Waals surface area contributed by atoms with Crippen LogP contribution in [0.3, 0.4) is 0 Å². The Balaban J connectivity index is 2.03. The zero-order chi connectivity index (χ0) is 16.4. The van der Waals surface area contributed by atoms with Gasteiger partial charge in [-0.3, -0.25) is 4.90 Å². The number of hydrogen-bond donors (Lipinski definition) is 1. The Morgan fingerprint density at radius 3 is 2.30 bits per heavy atom. The van der Waals surface area contributed by atoms with Crippen LogP contribution < -0.4 is 15.1 Å². The van der Waals surface area contributed by atoms with Crippen molar-refractivity contribution in [3.63, 3.8) is 0 Å². The monoisotopic (exact) mass is 309 g/mol. The normalized spacial score (nSPS) is 16.0. The zero-order valence-corrected chi connectivity index (χ0v) is 13.9. The fraction of sp³-hybridized carbons (Fsp3) is 0.316. The third-order valence-corrected chi connectivity index (χ3v) is 4.38. The van der Waals surface area contributed by atoms with E-state index in [0.29, 0.717) is 6.54 Å². The van der Waals surface area contributed by atoms with E-state index in [0.717, 1.165) is 17.9 Å². The number of rotatable bonds is 2. The SMILES string of the molecule is CNC(=O)N1CC(C)(C)N(Cc2ccccc2)c2ccccc21. The number of nitrogens with zero attached hydrogens (tertiary/aromatic N) is 2. The van der Waals surface area contributed by atoms with E-state index in [9.17, 15) is 4.79 Å². The lowest BCUT2D eigenvalue weighted by atomic mass is 9.95. The fourth-order valence-corrected chi connectivity index (χ4v) is 3.19. The number of carbonyl (C=O) groups is 1. The number of benzene rings is 2. The minimum atomic E-state index is -0.156. The Morgan fingerprint density at radius 2 is 1.65 bits per heavy atom. The van der Waals surface area contributed by atoms with Gasteiger partial charge >= 0.3 is 6.03 Å². The molecule has 2 aromatic carbocycles. The number of urea groups is 1. The summed E-state index contributed by atoms with van der Waals surface area (Å²) in [5, 5.41) is 2.75. The molecule has 0 saturated heterocycles. The zero-order valence-electron chi connectivity index (χ0n) is 13.9. The molecule has 2 amide bonds. The minimum absolute atomic E-state index is 0.0649. The van der Waals surface area contributed by atoms with Gasteiger partial charge in [0.1, 0.15) is 0 Å². The number of anilines is 2. The van der Waals surface area contributed by atoms with Gasteiger partial charge in [0.05, 0.1) is 23.5 Å². The van der Waals surface area contributed by atoms with Gasteiger partial charge in [0.15, 0.2) is 0 Å². The first kappa shape index (κ1) is 15.4. The van der Waals surface area contributed by atoms with E-state index in [1.54, 1.807) is 7.05 Å². The van der Waals surface area contributed by atoms with Crippen molar-refractivity contribution in [1.29, 1.82) is 0 Å². The quantitative estimate of drug-likeness (QED) is 0.919. The number of nitrogens with one attached hydrogen (secondary N) is 1. The predicted octanol–water partition coefficient (Wildman–Crippen LogP) is 3.63. The summed E-state index contributed by atoms with van der Waals surface area (Å²) in [6, 6.07) is 18.5. The molecule has 120 valence electrons. The summed E-state index contributed by atoms with van der Waals surface area (Å²) >= 11 is 0. The highest BCUT2D eigenvalue weighted by Crippen LogP contribution is 2.40. The van der Waals surface area contributed by atoms with E-state index >= 15 is 0 Å². The third-order valence-electron chi connectivity index (χ3n) is 4.38. The maximum absolute atomic E-state index is 12.3. The lowest BCUT2D eigenvalue weighted by Crippen LogP contribution is -2.58. The molecule has 0 fully saturated rings. The van der Waals surface area contributed by atoms with E-state index in [1.807, 2.05) is 29.2 Å². The molecule has 1 aliphatic heterocycles. The van der Waals surface area contributed by atoms with Crippen LogP contribution in [0.15, 0.2) is 54.6 Å². The van der Waals surface area contributed by atoms with Crippen molar-refractivity contribution in [2.75, 3.05) is 23.4 Å². The van der Waals surface area contributed by atoms with E-state index in [2.05, 4.69) is 54.4 Å². The molecule has 0 bridgehead atoms. The summed E-state index contributed by atoms with van der Waals surface area (Å²) in [5.41, 5.74) is 3.17. The second-order valence-electron chi connectivity index (χ2n) is 6.51. The van der Waals surface area contributed by atoms with Crippen molar-refractivity contribution in [1.82, 2.24) is 5.32 Å². The first-order valence-corrected chi connectivity index (χ1v) is 7.93. The summed E-state index contributed by atoms with van der Waals surface area (Å²) in [6.45, 7) is 5.84. The van der Waals surface area contributed by atoms with E-state index in [-0.39, 0.29) is 11.6 Å². The number of amides is 2. The molecule has 3 rings (SSSR count). The number of para-hydroxylation sites is 2. The van der Waals surface area contributed by atoms with Gasteiger partial charge in [-0.05, 0) is 31.5 Å². The number of fused-ring (bicyclic) bond motifs is 1. The Hall–Kier alpha value is -2.49. The molecule has 0 atom stereocenters. The van der Waals surface area contributed by atoms with Crippen LogP contribution in [-0.2, 0) is 6.54 Å². The molecular formula is C19H23N3O. The second-order valence-corrected chi connectivity index (χ2v) is 6.51. The molecule has 1 heterocycles. The second kappa shape index (κ2) is 5.95. The molecule has 0 radical (unpaired) electrons. The lowest BCUT2D eigenvalue weighted by Gasteiger charge is -2.49. The lowest BCUT2D eigenvalue weighted by molar-refractivity contribution is 0.245. The van der Waals surface area contributed by atoms with Crippen molar-refractivity contribution in [2.24, 2.45) is 0 Å². The Kier molecular flexibility index (Phi) is 3.99. The summed E-state index contributed by atoms with van der Waals surface area (Å²) in [7, 11) is 1.67. The molecule has 2 aromatic rings. The molecule has 23 heavy (non-hydrogen) atoms. The van der Waals surface area contributed by atoms with Gasteiger partial charge in [0, 0.05) is 13.6 Å². The Bertz CT molecular complexity index is 697. The van der Waals surface area contributed by atoms with Crippen molar-refractivity contribution < 1.29 is 4.79 Å².